The maximum Gasteiger partial charge on any atom is 0.286 e. The van der Waals surface area contributed by atoms with E-state index in [-0.39, 0.29) is 23.2 Å². The van der Waals surface area contributed by atoms with Crippen molar-refractivity contribution in [2.24, 2.45) is 0 Å². The molecule has 0 atom stereocenters. The number of nitrogens with one attached hydrogen (secondary N) is 2. The average Bonchev–Trinajstić information content (AvgIpc) is 3.15. The molecule has 144 valence electrons. The third-order valence-electron chi connectivity index (χ3n) is 4.05. The fraction of sp³-hybridized carbons (Fsp3) is 0.200. The highest BCUT2D eigenvalue weighted by molar-refractivity contribution is 7.13. The summed E-state index contributed by atoms with van der Waals surface area (Å²) < 4.78 is 0. The first-order valence-electron chi connectivity index (χ1n) is 8.72. The van der Waals surface area contributed by atoms with Gasteiger partial charge in [-0.15, -0.1) is 10.2 Å². The Morgan fingerprint density at radius 3 is 2.71 bits per heavy atom. The van der Waals surface area contributed by atoms with E-state index in [4.69, 9.17) is 11.6 Å². The zero-order chi connectivity index (χ0) is 19.9. The number of aryl methyl sites for hydroxylation is 2. The van der Waals surface area contributed by atoms with E-state index in [9.17, 15) is 9.59 Å². The molecule has 0 aliphatic heterocycles. The lowest BCUT2D eigenvalue weighted by Gasteiger charge is -2.07. The van der Waals surface area contributed by atoms with E-state index in [1.54, 1.807) is 24.3 Å². The zero-order valence-corrected chi connectivity index (χ0v) is 16.8. The van der Waals surface area contributed by atoms with E-state index in [1.165, 1.54) is 11.3 Å². The zero-order valence-electron chi connectivity index (χ0n) is 15.2. The van der Waals surface area contributed by atoms with Crippen LogP contribution in [0.1, 0.15) is 32.4 Å². The Bertz CT molecular complexity index is 990. The Morgan fingerprint density at radius 2 is 1.93 bits per heavy atom. The predicted molar refractivity (Wildman–Crippen MR) is 111 cm³/mol. The second kappa shape index (κ2) is 9.43. The fourth-order valence-electron chi connectivity index (χ4n) is 2.51. The fourth-order valence-corrected chi connectivity index (χ4v) is 3.43. The summed E-state index contributed by atoms with van der Waals surface area (Å²) in [6.45, 7) is 2.51. The first-order chi connectivity index (χ1) is 13.5. The number of carbonyl (C=O) groups is 2. The molecule has 28 heavy (non-hydrogen) atoms. The van der Waals surface area contributed by atoms with Crippen LogP contribution in [0, 0.1) is 6.92 Å². The monoisotopic (exact) mass is 414 g/mol. The molecule has 3 aromatic rings. The number of hydrogen-bond acceptors (Lipinski definition) is 5. The molecule has 2 aromatic carbocycles. The lowest BCUT2D eigenvalue weighted by atomic mass is 10.1. The molecule has 6 nitrogen and oxygen atoms in total. The van der Waals surface area contributed by atoms with Gasteiger partial charge in [-0.25, -0.2) is 0 Å². The van der Waals surface area contributed by atoms with Crippen molar-refractivity contribution in [2.75, 3.05) is 5.32 Å². The standard InChI is InChI=1S/C20H19ClN4O2S/c1-13-5-2-3-6-14(13)12-22-17(26)9-10-18-24-25-20(28-18)19(27)23-16-8-4-7-15(21)11-16/h2-8,11H,9-10,12H2,1H3,(H,22,26)(H,23,27). The SMILES string of the molecule is Cc1ccccc1CNC(=O)CCc1nnc(C(=O)Nc2cccc(Cl)c2)s1. The molecule has 0 aliphatic carbocycles. The normalized spacial score (nSPS) is 10.5. The van der Waals surface area contributed by atoms with Crippen molar-refractivity contribution in [1.82, 2.24) is 15.5 Å². The number of amides is 2. The van der Waals surface area contributed by atoms with Crippen LogP contribution in [0.25, 0.3) is 0 Å². The third kappa shape index (κ3) is 5.61. The molecule has 0 spiro atoms. The number of halogens is 1. The van der Waals surface area contributed by atoms with Crippen LogP contribution >= 0.6 is 22.9 Å². The van der Waals surface area contributed by atoms with Crippen LogP contribution in [0.4, 0.5) is 5.69 Å². The maximum atomic E-state index is 12.2. The molecule has 0 saturated heterocycles. The lowest BCUT2D eigenvalue weighted by molar-refractivity contribution is -0.121. The molecule has 2 amide bonds. The molecule has 8 heteroatoms. The van der Waals surface area contributed by atoms with Crippen molar-refractivity contribution in [3.8, 4) is 0 Å². The van der Waals surface area contributed by atoms with E-state index in [0.29, 0.717) is 28.7 Å². The van der Waals surface area contributed by atoms with Gasteiger partial charge in [-0.2, -0.15) is 0 Å². The Balaban J connectivity index is 1.48. The number of carbonyl (C=O) groups excluding carboxylic acids is 2. The highest BCUT2D eigenvalue weighted by Crippen LogP contribution is 2.18. The first-order valence-corrected chi connectivity index (χ1v) is 9.91. The molecule has 0 unspecified atom stereocenters. The summed E-state index contributed by atoms with van der Waals surface area (Å²) >= 11 is 7.08. The number of hydrogen-bond donors (Lipinski definition) is 2. The molecular formula is C20H19ClN4O2S. The second-order valence-electron chi connectivity index (χ2n) is 6.17. The third-order valence-corrected chi connectivity index (χ3v) is 5.26. The van der Waals surface area contributed by atoms with Crippen LogP contribution in [-0.2, 0) is 17.8 Å². The molecule has 0 bridgehead atoms. The van der Waals surface area contributed by atoms with Crippen molar-refractivity contribution in [3.63, 3.8) is 0 Å². The number of nitrogens with zero attached hydrogens (tertiary/aromatic N) is 2. The summed E-state index contributed by atoms with van der Waals surface area (Å²) in [4.78, 5) is 24.3. The summed E-state index contributed by atoms with van der Waals surface area (Å²) in [5.74, 6) is -0.418. The number of anilines is 1. The van der Waals surface area contributed by atoms with Gasteiger partial charge in [-0.05, 0) is 36.2 Å². The smallest absolute Gasteiger partial charge is 0.286 e. The minimum atomic E-state index is -0.352. The second-order valence-corrected chi connectivity index (χ2v) is 7.67. The van der Waals surface area contributed by atoms with E-state index in [1.807, 2.05) is 31.2 Å². The molecule has 0 fully saturated rings. The minimum absolute atomic E-state index is 0.0663. The van der Waals surface area contributed by atoms with Gasteiger partial charge in [0.05, 0.1) is 0 Å². The summed E-state index contributed by atoms with van der Waals surface area (Å²) in [7, 11) is 0. The van der Waals surface area contributed by atoms with Crippen LogP contribution in [0.2, 0.25) is 5.02 Å². The Kier molecular flexibility index (Phi) is 6.73. The molecule has 1 aromatic heterocycles. The van der Waals surface area contributed by atoms with Gasteiger partial charge in [-0.3, -0.25) is 9.59 Å². The highest BCUT2D eigenvalue weighted by atomic mass is 35.5. The van der Waals surface area contributed by atoms with Gasteiger partial charge in [0.25, 0.3) is 5.91 Å². The molecule has 2 N–H and O–H groups in total. The Hall–Kier alpha value is -2.77. The first kappa shape index (κ1) is 20.0. The van der Waals surface area contributed by atoms with E-state index in [0.717, 1.165) is 11.1 Å². The number of benzene rings is 2. The van der Waals surface area contributed by atoms with Gasteiger partial charge in [0, 0.05) is 30.1 Å². The van der Waals surface area contributed by atoms with Crippen molar-refractivity contribution in [3.05, 3.63) is 74.7 Å². The van der Waals surface area contributed by atoms with E-state index < -0.39 is 0 Å². The Morgan fingerprint density at radius 1 is 1.11 bits per heavy atom. The predicted octanol–water partition coefficient (Wildman–Crippen LogP) is 4.00. The average molecular weight is 415 g/mol. The van der Waals surface area contributed by atoms with Gasteiger partial charge >= 0.3 is 0 Å². The van der Waals surface area contributed by atoms with Gasteiger partial charge in [0.1, 0.15) is 5.01 Å². The summed E-state index contributed by atoms with van der Waals surface area (Å²) in [5.41, 5.74) is 2.82. The van der Waals surface area contributed by atoms with Crippen LogP contribution in [0.15, 0.2) is 48.5 Å². The van der Waals surface area contributed by atoms with Crippen LogP contribution < -0.4 is 10.6 Å². The van der Waals surface area contributed by atoms with E-state index >= 15 is 0 Å². The summed E-state index contributed by atoms with van der Waals surface area (Å²) in [6.07, 6.45) is 0.720. The van der Waals surface area contributed by atoms with Crippen LogP contribution in [0.3, 0.4) is 0 Å². The summed E-state index contributed by atoms with van der Waals surface area (Å²) in [5, 5.41) is 15.0. The molecule has 3 rings (SSSR count). The van der Waals surface area contributed by atoms with Gasteiger partial charge in [-0.1, -0.05) is 53.3 Å². The summed E-state index contributed by atoms with van der Waals surface area (Å²) in [6, 6.07) is 14.8. The van der Waals surface area contributed by atoms with Gasteiger partial charge in [0.15, 0.2) is 0 Å². The number of rotatable bonds is 7. The highest BCUT2D eigenvalue weighted by Gasteiger charge is 2.14. The number of aromatic nitrogens is 2. The molecule has 0 saturated carbocycles. The van der Waals surface area contributed by atoms with Crippen molar-refractivity contribution in [2.45, 2.75) is 26.3 Å². The molecular weight excluding hydrogens is 396 g/mol. The van der Waals surface area contributed by atoms with Crippen molar-refractivity contribution >= 4 is 40.4 Å². The van der Waals surface area contributed by atoms with Crippen LogP contribution in [-0.4, -0.2) is 22.0 Å². The molecule has 0 aliphatic rings. The van der Waals surface area contributed by atoms with Crippen LogP contribution in [0.5, 0.6) is 0 Å². The minimum Gasteiger partial charge on any atom is -0.352 e. The largest absolute Gasteiger partial charge is 0.352 e. The molecule has 1 heterocycles. The molecule has 0 radical (unpaired) electrons. The van der Waals surface area contributed by atoms with Gasteiger partial charge < -0.3 is 10.6 Å². The maximum absolute atomic E-state index is 12.2. The van der Waals surface area contributed by atoms with E-state index in [2.05, 4.69) is 20.8 Å². The van der Waals surface area contributed by atoms with Crippen molar-refractivity contribution < 1.29 is 9.59 Å². The van der Waals surface area contributed by atoms with Gasteiger partial charge in [0.2, 0.25) is 10.9 Å². The lowest BCUT2D eigenvalue weighted by Crippen LogP contribution is -2.23. The quantitative estimate of drug-likeness (QED) is 0.612. The van der Waals surface area contributed by atoms with Crippen molar-refractivity contribution in [1.29, 1.82) is 0 Å². The topological polar surface area (TPSA) is 84.0 Å². The Labute approximate surface area is 172 Å².